The number of carbonyl (C=O) groups is 1. The van der Waals surface area contributed by atoms with E-state index in [2.05, 4.69) is 10.1 Å². The van der Waals surface area contributed by atoms with Crippen LogP contribution >= 0.6 is 0 Å². The molecule has 64 valence electrons. The molecule has 8 heteroatoms. The van der Waals surface area contributed by atoms with E-state index < -0.39 is 23.4 Å². The largest absolute Gasteiger partial charge is 0.548 e. The minimum atomic E-state index is -1.38. The maximum absolute atomic E-state index is 10.0. The molecule has 0 amide bonds. The van der Waals surface area contributed by atoms with Crippen LogP contribution in [0.4, 0.5) is 5.95 Å². The van der Waals surface area contributed by atoms with Crippen molar-refractivity contribution in [2.24, 2.45) is 0 Å². The second kappa shape index (κ2) is 2.95. The van der Waals surface area contributed by atoms with Gasteiger partial charge < -0.3 is 20.0 Å². The van der Waals surface area contributed by atoms with E-state index in [1.807, 2.05) is 0 Å². The lowest BCUT2D eigenvalue weighted by Crippen LogP contribution is -2.27. The van der Waals surface area contributed by atoms with Gasteiger partial charge in [0.15, 0.2) is 0 Å². The van der Waals surface area contributed by atoms with Crippen LogP contribution in [0.15, 0.2) is 6.33 Å². The number of hydrogen-bond acceptors (Lipinski definition) is 6. The van der Waals surface area contributed by atoms with Gasteiger partial charge in [0, 0.05) is 5.10 Å². The molecular weight excluding hydrogens is 168 g/mol. The fraction of sp³-hybridized carbons (Fsp3) is 0.250. The third-order valence-electron chi connectivity index (χ3n) is 0.979. The summed E-state index contributed by atoms with van der Waals surface area (Å²) < 4.78 is 0.813. The number of carbonyl (C=O) groups excluding carboxylic acids is 1. The van der Waals surface area contributed by atoms with Crippen molar-refractivity contribution in [3.63, 3.8) is 0 Å². The Balaban J connectivity index is 2.77. The maximum Gasteiger partial charge on any atom is 0.490 e. The second-order valence-corrected chi connectivity index (χ2v) is 1.87. The molecule has 1 heterocycles. The van der Waals surface area contributed by atoms with Crippen molar-refractivity contribution in [2.75, 3.05) is 0 Å². The number of carboxylic acids is 1. The SMILES string of the molecule is O=C([O-])Cn1cnc([N+](=O)[O-])n1. The molecule has 0 saturated carbocycles. The van der Waals surface area contributed by atoms with Crippen LogP contribution in [0, 0.1) is 10.1 Å². The summed E-state index contributed by atoms with van der Waals surface area (Å²) in [6.45, 7) is -0.541. The van der Waals surface area contributed by atoms with Gasteiger partial charge in [-0.2, -0.15) is 4.68 Å². The predicted molar refractivity (Wildman–Crippen MR) is 31.7 cm³/mol. The predicted octanol–water partition coefficient (Wildman–Crippen LogP) is -2.06. The van der Waals surface area contributed by atoms with E-state index in [0.717, 1.165) is 11.0 Å². The summed E-state index contributed by atoms with van der Waals surface area (Å²) in [7, 11) is 0. The van der Waals surface area contributed by atoms with E-state index in [-0.39, 0.29) is 0 Å². The van der Waals surface area contributed by atoms with Crippen LogP contribution in [0.3, 0.4) is 0 Å². The molecule has 0 bridgehead atoms. The highest BCUT2D eigenvalue weighted by atomic mass is 16.6. The van der Waals surface area contributed by atoms with Crippen molar-refractivity contribution in [2.45, 2.75) is 6.54 Å². The van der Waals surface area contributed by atoms with Crippen molar-refractivity contribution in [3.8, 4) is 0 Å². The van der Waals surface area contributed by atoms with E-state index in [0.29, 0.717) is 0 Å². The number of aliphatic carboxylic acids is 1. The summed E-state index contributed by atoms with van der Waals surface area (Å²) in [5, 5.41) is 23.2. The Morgan fingerprint density at radius 1 is 1.75 bits per heavy atom. The van der Waals surface area contributed by atoms with Crippen LogP contribution in [0.1, 0.15) is 0 Å². The summed E-state index contributed by atoms with van der Waals surface area (Å²) in [6.07, 6.45) is 0.952. The Hall–Kier alpha value is -1.99. The van der Waals surface area contributed by atoms with E-state index in [1.165, 1.54) is 0 Å². The maximum atomic E-state index is 10.0. The number of rotatable bonds is 3. The number of hydrogen-bond donors (Lipinski definition) is 0. The Kier molecular flexibility index (Phi) is 1.99. The van der Waals surface area contributed by atoms with Gasteiger partial charge in [0.25, 0.3) is 0 Å². The van der Waals surface area contributed by atoms with Crippen molar-refractivity contribution >= 4 is 11.9 Å². The Morgan fingerprint density at radius 2 is 2.42 bits per heavy atom. The first-order valence-corrected chi connectivity index (χ1v) is 2.83. The Morgan fingerprint density at radius 3 is 2.83 bits per heavy atom. The van der Waals surface area contributed by atoms with Gasteiger partial charge >= 0.3 is 5.95 Å². The minimum absolute atomic E-state index is 0.541. The van der Waals surface area contributed by atoms with Gasteiger partial charge in [0.1, 0.15) is 0 Å². The molecule has 0 atom stereocenters. The molecule has 8 nitrogen and oxygen atoms in total. The lowest BCUT2D eigenvalue weighted by molar-refractivity contribution is -0.394. The average molecular weight is 171 g/mol. The fourth-order valence-corrected chi connectivity index (χ4v) is 0.577. The summed E-state index contributed by atoms with van der Waals surface area (Å²) in [5.41, 5.74) is 0. The van der Waals surface area contributed by atoms with Crippen LogP contribution in [0.5, 0.6) is 0 Å². The van der Waals surface area contributed by atoms with Crippen LogP contribution < -0.4 is 5.11 Å². The molecule has 12 heavy (non-hydrogen) atoms. The molecule has 0 unspecified atom stereocenters. The van der Waals surface area contributed by atoms with Crippen molar-refractivity contribution in [1.82, 2.24) is 14.8 Å². The van der Waals surface area contributed by atoms with Gasteiger partial charge in [0.05, 0.1) is 12.5 Å². The number of carboxylic acid groups (broad SMARTS) is 1. The molecule has 0 fully saturated rings. The fourth-order valence-electron chi connectivity index (χ4n) is 0.577. The van der Waals surface area contributed by atoms with Crippen LogP contribution in [-0.4, -0.2) is 25.7 Å². The monoisotopic (exact) mass is 171 g/mol. The highest BCUT2D eigenvalue weighted by Gasteiger charge is 2.12. The lowest BCUT2D eigenvalue weighted by Gasteiger charge is -1.95. The average Bonchev–Trinajstić information content (AvgIpc) is 2.34. The normalized spacial score (nSPS) is 9.67. The van der Waals surface area contributed by atoms with Gasteiger partial charge in [-0.15, -0.1) is 0 Å². The summed E-state index contributed by atoms with van der Waals surface area (Å²) in [5.74, 6) is -2.01. The first-order valence-electron chi connectivity index (χ1n) is 2.83. The number of nitrogens with zero attached hydrogens (tertiary/aromatic N) is 4. The van der Waals surface area contributed by atoms with E-state index in [4.69, 9.17) is 0 Å². The van der Waals surface area contributed by atoms with Crippen molar-refractivity contribution in [1.29, 1.82) is 0 Å². The quantitative estimate of drug-likeness (QED) is 0.381. The first-order chi connectivity index (χ1) is 5.59. The molecule has 1 rings (SSSR count). The van der Waals surface area contributed by atoms with Crippen LogP contribution in [0.25, 0.3) is 0 Å². The second-order valence-electron chi connectivity index (χ2n) is 1.87. The highest BCUT2D eigenvalue weighted by molar-refractivity contribution is 5.63. The standard InChI is InChI=1S/C4H4N4O4/c9-3(10)1-7-2-5-4(6-7)8(11)12/h2H,1H2,(H,9,10)/p-1. The Labute approximate surface area is 65.6 Å². The molecule has 0 aliphatic carbocycles. The van der Waals surface area contributed by atoms with Crippen LogP contribution in [0.2, 0.25) is 0 Å². The molecule has 0 aliphatic heterocycles. The molecule has 1 aromatic rings. The molecule has 1 aromatic heterocycles. The zero-order chi connectivity index (χ0) is 9.14. The smallest absolute Gasteiger partial charge is 0.490 e. The zero-order valence-corrected chi connectivity index (χ0v) is 5.71. The summed E-state index contributed by atoms with van der Waals surface area (Å²) in [4.78, 5) is 22.4. The first kappa shape index (κ1) is 8.11. The van der Waals surface area contributed by atoms with Gasteiger partial charge in [0.2, 0.25) is 6.33 Å². The lowest BCUT2D eigenvalue weighted by atomic mass is 10.7. The molecule has 0 aromatic carbocycles. The third-order valence-corrected chi connectivity index (χ3v) is 0.979. The van der Waals surface area contributed by atoms with Crippen LogP contribution in [-0.2, 0) is 11.3 Å². The van der Waals surface area contributed by atoms with E-state index in [1.54, 1.807) is 0 Å². The molecule has 0 N–H and O–H groups in total. The molecule has 0 radical (unpaired) electrons. The van der Waals surface area contributed by atoms with Crippen molar-refractivity contribution < 1.29 is 14.8 Å². The van der Waals surface area contributed by atoms with E-state index in [9.17, 15) is 20.0 Å². The molecule has 0 aliphatic rings. The summed E-state index contributed by atoms with van der Waals surface area (Å²) in [6, 6.07) is 0. The topological polar surface area (TPSA) is 114 Å². The molecular formula is C4H3N4O4-. The number of nitro groups is 1. The third kappa shape index (κ3) is 1.75. The van der Waals surface area contributed by atoms with Crippen molar-refractivity contribution in [3.05, 3.63) is 16.4 Å². The molecule has 0 saturated heterocycles. The zero-order valence-electron chi connectivity index (χ0n) is 5.71. The van der Waals surface area contributed by atoms with Gasteiger partial charge in [-0.1, -0.05) is 4.98 Å². The van der Waals surface area contributed by atoms with Gasteiger partial charge in [-0.3, -0.25) is 0 Å². The molecule has 0 spiro atoms. The minimum Gasteiger partial charge on any atom is -0.548 e. The number of aromatic nitrogens is 3. The van der Waals surface area contributed by atoms with Gasteiger partial charge in [-0.25, -0.2) is 0 Å². The van der Waals surface area contributed by atoms with E-state index >= 15 is 0 Å². The summed E-state index contributed by atoms with van der Waals surface area (Å²) >= 11 is 0. The Bertz CT molecular complexity index is 319. The highest BCUT2D eigenvalue weighted by Crippen LogP contribution is 1.98. The van der Waals surface area contributed by atoms with Gasteiger partial charge in [-0.05, 0) is 4.92 Å².